The number of halogens is 4. The molecule has 200 valence electrons. The highest BCUT2D eigenvalue weighted by Gasteiger charge is 2.33. The fraction of sp³-hybridized carbons (Fsp3) is 0.538. The van der Waals surface area contributed by atoms with Gasteiger partial charge in [0.05, 0.1) is 34.6 Å². The van der Waals surface area contributed by atoms with Gasteiger partial charge in [-0.2, -0.15) is 13.2 Å². The molecule has 5 rings (SSSR count). The summed E-state index contributed by atoms with van der Waals surface area (Å²) in [6.45, 7) is 6.53. The third-order valence-corrected chi connectivity index (χ3v) is 7.96. The van der Waals surface area contributed by atoms with E-state index in [2.05, 4.69) is 25.7 Å². The van der Waals surface area contributed by atoms with E-state index in [1.807, 2.05) is 6.07 Å². The van der Waals surface area contributed by atoms with Crippen molar-refractivity contribution in [3.8, 4) is 0 Å². The van der Waals surface area contributed by atoms with E-state index < -0.39 is 11.7 Å². The van der Waals surface area contributed by atoms with Crippen LogP contribution in [0.5, 0.6) is 0 Å². The van der Waals surface area contributed by atoms with E-state index in [0.29, 0.717) is 44.1 Å². The number of benzene rings is 1. The van der Waals surface area contributed by atoms with Gasteiger partial charge in [0.1, 0.15) is 0 Å². The van der Waals surface area contributed by atoms with Crippen molar-refractivity contribution in [3.05, 3.63) is 56.8 Å². The minimum atomic E-state index is -4.42. The molecule has 1 atom stereocenters. The lowest BCUT2D eigenvalue weighted by atomic mass is 9.97. The molecule has 2 saturated heterocycles. The number of aromatic nitrogens is 3. The third-order valence-electron chi connectivity index (χ3n) is 7.38. The number of aliphatic hydroxyl groups excluding tert-OH is 1. The summed E-state index contributed by atoms with van der Waals surface area (Å²) in [5.41, 5.74) is 2.41. The van der Waals surface area contributed by atoms with Gasteiger partial charge in [-0.1, -0.05) is 12.1 Å². The zero-order valence-corrected chi connectivity index (χ0v) is 22.4. The Morgan fingerprint density at radius 2 is 1.97 bits per heavy atom. The number of ether oxygens (including phenoxy) is 1. The highest BCUT2D eigenvalue weighted by atomic mass is 79.9. The van der Waals surface area contributed by atoms with Gasteiger partial charge in [-0.05, 0) is 65.4 Å². The van der Waals surface area contributed by atoms with Crippen LogP contribution in [-0.4, -0.2) is 70.6 Å². The number of rotatable bonds is 6. The molecule has 0 saturated carbocycles. The van der Waals surface area contributed by atoms with Crippen molar-refractivity contribution in [2.45, 2.75) is 38.9 Å². The van der Waals surface area contributed by atoms with Crippen LogP contribution in [0.25, 0.3) is 5.65 Å². The van der Waals surface area contributed by atoms with Gasteiger partial charge in [0.2, 0.25) is 0 Å². The number of hydrogen-bond donors (Lipinski definition) is 1. The van der Waals surface area contributed by atoms with Crippen LogP contribution in [0.2, 0.25) is 0 Å². The first-order chi connectivity index (χ1) is 17.7. The normalized spacial score (nSPS) is 19.6. The lowest BCUT2D eigenvalue weighted by molar-refractivity contribution is -0.138. The fourth-order valence-electron chi connectivity index (χ4n) is 5.33. The topological polar surface area (TPSA) is 66.1 Å². The number of hydrogen-bond acceptors (Lipinski definition) is 6. The van der Waals surface area contributed by atoms with Gasteiger partial charge >= 0.3 is 6.18 Å². The smallest absolute Gasteiger partial charge is 0.396 e. The fourth-order valence-corrected chi connectivity index (χ4v) is 5.79. The minimum absolute atomic E-state index is 0.147. The predicted octanol–water partition coefficient (Wildman–Crippen LogP) is 4.45. The van der Waals surface area contributed by atoms with Crippen LogP contribution in [0.3, 0.4) is 0 Å². The number of piperidine rings is 1. The maximum Gasteiger partial charge on any atom is 0.416 e. The quantitative estimate of drug-likeness (QED) is 0.464. The molecule has 7 nitrogen and oxygen atoms in total. The van der Waals surface area contributed by atoms with E-state index in [1.54, 1.807) is 10.6 Å². The van der Waals surface area contributed by atoms with E-state index in [-0.39, 0.29) is 24.5 Å². The van der Waals surface area contributed by atoms with Gasteiger partial charge < -0.3 is 14.7 Å². The van der Waals surface area contributed by atoms with Gasteiger partial charge in [-0.3, -0.25) is 4.90 Å². The summed E-state index contributed by atoms with van der Waals surface area (Å²) in [5, 5.41) is 14.6. The largest absolute Gasteiger partial charge is 0.416 e. The number of anilines is 1. The standard InChI is InChI=1S/C26H31BrF3N5O2/c1-17-19(5-2-6-20(17)26(28,29)30)12-23-22(15-33-7-3-4-18(14-33)16-36)31-25-21(27)13-24(32-35(23)25)34-8-10-37-11-9-34/h2,5-6,13,18,36H,3-4,7-12,14-16H2,1H3. The summed E-state index contributed by atoms with van der Waals surface area (Å²) < 4.78 is 49.0. The molecule has 2 aliphatic rings. The summed E-state index contributed by atoms with van der Waals surface area (Å²) in [6, 6.07) is 6.28. The monoisotopic (exact) mass is 581 g/mol. The highest BCUT2D eigenvalue weighted by molar-refractivity contribution is 9.10. The molecule has 1 aromatic carbocycles. The first-order valence-corrected chi connectivity index (χ1v) is 13.4. The molecule has 2 aliphatic heterocycles. The molecule has 0 amide bonds. The van der Waals surface area contributed by atoms with E-state index >= 15 is 0 Å². The Morgan fingerprint density at radius 3 is 2.70 bits per heavy atom. The Morgan fingerprint density at radius 1 is 1.19 bits per heavy atom. The highest BCUT2D eigenvalue weighted by Crippen LogP contribution is 2.34. The van der Waals surface area contributed by atoms with Crippen LogP contribution in [0.4, 0.5) is 19.0 Å². The molecule has 4 heterocycles. The van der Waals surface area contributed by atoms with Gasteiger partial charge in [0.25, 0.3) is 0 Å². The number of likely N-dealkylation sites (tertiary alicyclic amines) is 1. The Balaban J connectivity index is 1.58. The number of nitrogens with zero attached hydrogens (tertiary/aromatic N) is 5. The van der Waals surface area contributed by atoms with Gasteiger partial charge in [0, 0.05) is 45.3 Å². The second kappa shape index (κ2) is 10.9. The maximum atomic E-state index is 13.7. The summed E-state index contributed by atoms with van der Waals surface area (Å²) in [6.07, 6.45) is -2.16. The molecule has 37 heavy (non-hydrogen) atoms. The van der Waals surface area contributed by atoms with Gasteiger partial charge in [-0.15, -0.1) is 5.10 Å². The SMILES string of the molecule is Cc1c(Cc2c(CN3CCCC(CO)C3)nc3c(Br)cc(N4CCOCC4)nn23)cccc1C(F)(F)F. The molecule has 2 aromatic heterocycles. The van der Waals surface area contributed by atoms with Crippen LogP contribution in [0, 0.1) is 12.8 Å². The first-order valence-electron chi connectivity index (χ1n) is 12.6. The van der Waals surface area contributed by atoms with Crippen molar-refractivity contribution in [1.29, 1.82) is 0 Å². The second-order valence-electron chi connectivity index (χ2n) is 9.88. The Labute approximate surface area is 222 Å². The van der Waals surface area contributed by atoms with E-state index in [0.717, 1.165) is 53.7 Å². The number of morpholine rings is 1. The van der Waals surface area contributed by atoms with E-state index in [1.165, 1.54) is 13.0 Å². The van der Waals surface area contributed by atoms with Crippen molar-refractivity contribution < 1.29 is 23.0 Å². The molecular weight excluding hydrogens is 551 g/mol. The molecule has 0 spiro atoms. The average Bonchev–Trinajstić information content (AvgIpc) is 3.22. The summed E-state index contributed by atoms with van der Waals surface area (Å²) >= 11 is 3.67. The molecule has 0 bridgehead atoms. The Kier molecular flexibility index (Phi) is 7.76. The third kappa shape index (κ3) is 5.64. The summed E-state index contributed by atoms with van der Waals surface area (Å²) in [5.74, 6) is 0.990. The zero-order chi connectivity index (χ0) is 26.2. The van der Waals surface area contributed by atoms with Crippen LogP contribution in [-0.2, 0) is 23.9 Å². The van der Waals surface area contributed by atoms with Crippen molar-refractivity contribution >= 4 is 27.4 Å². The average molecular weight is 582 g/mol. The molecule has 2 fully saturated rings. The molecule has 0 aliphatic carbocycles. The molecule has 0 radical (unpaired) electrons. The second-order valence-corrected chi connectivity index (χ2v) is 10.7. The lowest BCUT2D eigenvalue weighted by Crippen LogP contribution is -2.37. The van der Waals surface area contributed by atoms with Gasteiger partial charge in [0.15, 0.2) is 11.5 Å². The maximum absolute atomic E-state index is 13.7. The zero-order valence-electron chi connectivity index (χ0n) is 20.8. The number of imidazole rings is 1. The number of alkyl halides is 3. The number of aliphatic hydroxyl groups is 1. The molecular formula is C26H31BrF3N5O2. The summed E-state index contributed by atoms with van der Waals surface area (Å²) in [4.78, 5) is 9.34. The molecule has 1 unspecified atom stereocenters. The van der Waals surface area contributed by atoms with Crippen LogP contribution < -0.4 is 4.90 Å². The van der Waals surface area contributed by atoms with Crippen molar-refractivity contribution in [3.63, 3.8) is 0 Å². The molecule has 11 heteroatoms. The lowest BCUT2D eigenvalue weighted by Gasteiger charge is -2.31. The van der Waals surface area contributed by atoms with Crippen molar-refractivity contribution in [2.75, 3.05) is 50.9 Å². The number of fused-ring (bicyclic) bond motifs is 1. The van der Waals surface area contributed by atoms with E-state index in [9.17, 15) is 18.3 Å². The van der Waals surface area contributed by atoms with Crippen molar-refractivity contribution in [2.24, 2.45) is 5.92 Å². The molecule has 1 N–H and O–H groups in total. The molecule has 3 aromatic rings. The predicted molar refractivity (Wildman–Crippen MR) is 138 cm³/mol. The first kappa shape index (κ1) is 26.4. The van der Waals surface area contributed by atoms with Gasteiger partial charge in [-0.25, -0.2) is 9.50 Å². The summed E-state index contributed by atoms with van der Waals surface area (Å²) in [7, 11) is 0. The van der Waals surface area contributed by atoms with Crippen LogP contribution in [0.15, 0.2) is 28.7 Å². The Bertz CT molecular complexity index is 1260. The van der Waals surface area contributed by atoms with Crippen molar-refractivity contribution in [1.82, 2.24) is 19.5 Å². The minimum Gasteiger partial charge on any atom is -0.396 e. The Hall–Kier alpha value is -2.21. The van der Waals surface area contributed by atoms with Crippen LogP contribution in [0.1, 0.15) is 40.9 Å². The van der Waals surface area contributed by atoms with Crippen LogP contribution >= 0.6 is 15.9 Å². The van der Waals surface area contributed by atoms with E-state index in [4.69, 9.17) is 14.8 Å².